The molecule has 2 aromatic carbocycles. The van der Waals surface area contributed by atoms with Crippen LogP contribution in [-0.4, -0.2) is 37.5 Å². The molecule has 1 heterocycles. The van der Waals surface area contributed by atoms with Gasteiger partial charge in [0.05, 0.1) is 10.9 Å². The van der Waals surface area contributed by atoms with E-state index in [4.69, 9.17) is 0 Å². The molecule has 1 fully saturated rings. The van der Waals surface area contributed by atoms with Crippen molar-refractivity contribution in [2.75, 3.05) is 13.1 Å². The largest absolute Gasteiger partial charge is 0.349 e. The molecule has 2 aromatic rings. The minimum atomic E-state index is -3.69. The molecule has 31 heavy (non-hydrogen) atoms. The van der Waals surface area contributed by atoms with Crippen LogP contribution >= 0.6 is 0 Å². The van der Waals surface area contributed by atoms with Crippen LogP contribution in [0.4, 0.5) is 0 Å². The number of sulfonamides is 1. The first kappa shape index (κ1) is 23.2. The van der Waals surface area contributed by atoms with Crippen molar-refractivity contribution in [1.29, 1.82) is 0 Å². The summed E-state index contributed by atoms with van der Waals surface area (Å²) < 4.78 is 27.4. The molecule has 1 amide bonds. The monoisotopic (exact) mass is 442 g/mol. The summed E-state index contributed by atoms with van der Waals surface area (Å²) in [5.74, 6) is -0.433. The number of Topliss-reactive ketones (excluding diaryl/α,β-unsaturated/α-hetero) is 1. The molecule has 1 saturated heterocycles. The summed E-state index contributed by atoms with van der Waals surface area (Å²) in [7, 11) is -3.69. The Labute approximate surface area is 184 Å². The first-order chi connectivity index (χ1) is 14.6. The number of carbonyl (C=O) groups excluding carboxylic acids is 2. The van der Waals surface area contributed by atoms with E-state index in [0.717, 1.165) is 16.7 Å². The van der Waals surface area contributed by atoms with E-state index in [9.17, 15) is 18.0 Å². The number of carbonyl (C=O) groups is 2. The molecule has 6 nitrogen and oxygen atoms in total. The quantitative estimate of drug-likeness (QED) is 0.690. The molecule has 7 heteroatoms. The van der Waals surface area contributed by atoms with Crippen LogP contribution in [0.25, 0.3) is 0 Å². The number of rotatable bonds is 6. The Morgan fingerprint density at radius 3 is 2.39 bits per heavy atom. The second-order valence-corrected chi connectivity index (χ2v) is 10.3. The smallest absolute Gasteiger partial charge is 0.243 e. The lowest BCUT2D eigenvalue weighted by atomic mass is 9.95. The zero-order valence-electron chi connectivity index (χ0n) is 18.5. The lowest BCUT2D eigenvalue weighted by molar-refractivity contribution is -0.126. The van der Waals surface area contributed by atoms with E-state index in [2.05, 4.69) is 23.5 Å². The second kappa shape index (κ2) is 9.32. The van der Waals surface area contributed by atoms with Gasteiger partial charge < -0.3 is 5.32 Å². The van der Waals surface area contributed by atoms with Crippen LogP contribution in [-0.2, 0) is 14.8 Å². The molecule has 0 saturated carbocycles. The molecule has 1 aliphatic heterocycles. The fourth-order valence-electron chi connectivity index (χ4n) is 4.02. The highest BCUT2D eigenvalue weighted by Crippen LogP contribution is 2.26. The molecule has 0 aliphatic carbocycles. The Balaban J connectivity index is 1.63. The minimum absolute atomic E-state index is 0.0379. The summed E-state index contributed by atoms with van der Waals surface area (Å²) >= 11 is 0. The van der Waals surface area contributed by atoms with Crippen molar-refractivity contribution in [2.24, 2.45) is 5.92 Å². The van der Waals surface area contributed by atoms with E-state index in [-0.39, 0.29) is 41.6 Å². The van der Waals surface area contributed by atoms with Gasteiger partial charge in [0.25, 0.3) is 0 Å². The number of piperidine rings is 1. The number of hydrogen-bond acceptors (Lipinski definition) is 4. The third-order valence-corrected chi connectivity index (χ3v) is 7.86. The van der Waals surface area contributed by atoms with Gasteiger partial charge in [-0.1, -0.05) is 35.9 Å². The summed E-state index contributed by atoms with van der Waals surface area (Å²) in [6, 6.07) is 12.2. The van der Waals surface area contributed by atoms with Gasteiger partial charge in [-0.2, -0.15) is 4.31 Å². The molecular formula is C24H30N2O4S. The second-order valence-electron chi connectivity index (χ2n) is 8.35. The van der Waals surface area contributed by atoms with Crippen LogP contribution in [0.2, 0.25) is 0 Å². The average molecular weight is 443 g/mol. The minimum Gasteiger partial charge on any atom is -0.349 e. The number of ketones is 1. The first-order valence-corrected chi connectivity index (χ1v) is 12.0. The summed E-state index contributed by atoms with van der Waals surface area (Å²) in [5, 5.41) is 3.09. The fraction of sp³-hybridized carbons (Fsp3) is 0.417. The van der Waals surface area contributed by atoms with Gasteiger partial charge in [-0.3, -0.25) is 9.59 Å². The number of hydrogen-bond donors (Lipinski definition) is 1. The van der Waals surface area contributed by atoms with E-state index in [1.165, 1.54) is 23.4 Å². The molecule has 0 spiro atoms. The third-order valence-electron chi connectivity index (χ3n) is 5.96. The van der Waals surface area contributed by atoms with Crippen LogP contribution in [0, 0.1) is 19.8 Å². The first-order valence-electron chi connectivity index (χ1n) is 10.6. The topological polar surface area (TPSA) is 83.6 Å². The van der Waals surface area contributed by atoms with E-state index in [1.54, 1.807) is 12.1 Å². The highest BCUT2D eigenvalue weighted by molar-refractivity contribution is 7.89. The Hall–Kier alpha value is -2.51. The van der Waals surface area contributed by atoms with Crippen molar-refractivity contribution in [3.05, 3.63) is 64.7 Å². The summed E-state index contributed by atoms with van der Waals surface area (Å²) in [5.41, 5.74) is 3.75. The predicted octanol–water partition coefficient (Wildman–Crippen LogP) is 3.78. The number of amides is 1. The van der Waals surface area contributed by atoms with E-state index in [1.807, 2.05) is 20.8 Å². The average Bonchev–Trinajstić information content (AvgIpc) is 2.75. The Kier molecular flexibility index (Phi) is 6.96. The predicted molar refractivity (Wildman–Crippen MR) is 120 cm³/mol. The van der Waals surface area contributed by atoms with Crippen LogP contribution in [0.5, 0.6) is 0 Å². The molecule has 0 aromatic heterocycles. The normalized spacial score (nSPS) is 16.6. The third kappa shape index (κ3) is 5.22. The zero-order chi connectivity index (χ0) is 22.8. The molecule has 0 radical (unpaired) electrons. The standard InChI is InChI=1S/C24H30N2O4S/c1-16-8-9-17(2)23(14-16)18(3)25-24(28)20-10-12-26(13-11-20)31(29,30)22-7-5-6-21(15-22)19(4)27/h5-9,14-15,18,20H,10-13H2,1-4H3,(H,25,28). The van der Waals surface area contributed by atoms with Crippen LogP contribution in [0.3, 0.4) is 0 Å². The maximum atomic E-state index is 13.0. The number of nitrogens with one attached hydrogen (secondary N) is 1. The molecular weight excluding hydrogens is 412 g/mol. The number of nitrogens with zero attached hydrogens (tertiary/aromatic N) is 1. The van der Waals surface area contributed by atoms with Crippen molar-refractivity contribution in [2.45, 2.75) is 51.5 Å². The molecule has 1 atom stereocenters. The van der Waals surface area contributed by atoms with Crippen LogP contribution in [0.15, 0.2) is 47.4 Å². The Bertz CT molecular complexity index is 1090. The van der Waals surface area contributed by atoms with Gasteiger partial charge >= 0.3 is 0 Å². The lowest BCUT2D eigenvalue weighted by Gasteiger charge is -2.31. The maximum absolute atomic E-state index is 13.0. The fourth-order valence-corrected chi connectivity index (χ4v) is 5.53. The van der Waals surface area contributed by atoms with Crippen molar-refractivity contribution in [3.63, 3.8) is 0 Å². The maximum Gasteiger partial charge on any atom is 0.243 e. The molecule has 3 rings (SSSR count). The summed E-state index contributed by atoms with van der Waals surface area (Å²) in [6.07, 6.45) is 0.938. The molecule has 1 aliphatic rings. The van der Waals surface area contributed by atoms with Gasteiger partial charge in [-0.15, -0.1) is 0 Å². The van der Waals surface area contributed by atoms with Crippen LogP contribution in [0.1, 0.15) is 59.8 Å². The Morgan fingerprint density at radius 2 is 1.74 bits per heavy atom. The summed E-state index contributed by atoms with van der Waals surface area (Å²) in [4.78, 5) is 24.5. The lowest BCUT2D eigenvalue weighted by Crippen LogP contribution is -2.43. The Morgan fingerprint density at radius 1 is 1.06 bits per heavy atom. The van der Waals surface area contributed by atoms with Gasteiger partial charge in [0, 0.05) is 24.6 Å². The number of aryl methyl sites for hydroxylation is 2. The van der Waals surface area contributed by atoms with E-state index >= 15 is 0 Å². The number of benzene rings is 2. The summed E-state index contributed by atoms with van der Waals surface area (Å²) in [6.45, 7) is 8.00. The van der Waals surface area contributed by atoms with Gasteiger partial charge in [-0.05, 0) is 63.8 Å². The van der Waals surface area contributed by atoms with Crippen LogP contribution < -0.4 is 5.32 Å². The molecule has 1 unspecified atom stereocenters. The van der Waals surface area contributed by atoms with Gasteiger partial charge in [-0.25, -0.2) is 8.42 Å². The van der Waals surface area contributed by atoms with Crippen molar-refractivity contribution < 1.29 is 18.0 Å². The van der Waals surface area contributed by atoms with Gasteiger partial charge in [0.2, 0.25) is 15.9 Å². The van der Waals surface area contributed by atoms with E-state index < -0.39 is 10.0 Å². The van der Waals surface area contributed by atoms with Gasteiger partial charge in [0.15, 0.2) is 5.78 Å². The van der Waals surface area contributed by atoms with Crippen molar-refractivity contribution >= 4 is 21.7 Å². The van der Waals surface area contributed by atoms with Crippen molar-refractivity contribution in [1.82, 2.24) is 9.62 Å². The molecule has 1 N–H and O–H groups in total. The van der Waals surface area contributed by atoms with E-state index in [0.29, 0.717) is 18.4 Å². The molecule has 0 bridgehead atoms. The highest BCUT2D eigenvalue weighted by Gasteiger charge is 2.32. The zero-order valence-corrected chi connectivity index (χ0v) is 19.3. The van der Waals surface area contributed by atoms with Gasteiger partial charge in [0.1, 0.15) is 0 Å². The highest BCUT2D eigenvalue weighted by atomic mass is 32.2. The SMILES string of the molecule is CC(=O)c1cccc(S(=O)(=O)N2CCC(C(=O)NC(C)c3cc(C)ccc3C)CC2)c1. The molecule has 166 valence electrons. The van der Waals surface area contributed by atoms with Crippen molar-refractivity contribution in [3.8, 4) is 0 Å².